The smallest absolute Gasteiger partial charge is 0.455 e. The van der Waals surface area contributed by atoms with Gasteiger partial charge in [0.15, 0.2) is 0 Å². The lowest BCUT2D eigenvalue weighted by Crippen LogP contribution is -2.23. The minimum atomic E-state index is -5.01. The molecule has 118 valence electrons. The molecule has 1 aromatic rings. The summed E-state index contributed by atoms with van der Waals surface area (Å²) >= 11 is 3.24. The molecular weight excluding hydrogens is 353 g/mol. The third-order valence-electron chi connectivity index (χ3n) is 2.78. The van der Waals surface area contributed by atoms with E-state index in [1.807, 2.05) is 6.92 Å². The lowest BCUT2D eigenvalue weighted by atomic mass is 10.0. The fraction of sp³-hybridized carbons (Fsp3) is 0.500. The van der Waals surface area contributed by atoms with E-state index in [4.69, 9.17) is 4.74 Å². The van der Waals surface area contributed by atoms with Crippen molar-refractivity contribution in [3.05, 3.63) is 23.3 Å². The van der Waals surface area contributed by atoms with Crippen molar-refractivity contribution < 1.29 is 27.8 Å². The largest absolute Gasteiger partial charge is 0.507 e. The predicted molar refractivity (Wildman–Crippen MR) is 76.4 cm³/mol. The summed E-state index contributed by atoms with van der Waals surface area (Å²) in [5.74, 6) is -2.38. The van der Waals surface area contributed by atoms with Crippen LogP contribution >= 0.6 is 15.9 Å². The van der Waals surface area contributed by atoms with Crippen LogP contribution in [0.2, 0.25) is 0 Å². The summed E-state index contributed by atoms with van der Waals surface area (Å²) in [6.45, 7) is 2.19. The number of halogens is 4. The number of aromatic hydroxyl groups is 1. The normalized spacial score (nSPS) is 11.5. The highest BCUT2D eigenvalue weighted by Gasteiger charge is 2.41. The number of carbonyl (C=O) groups is 1. The molecule has 0 aliphatic rings. The van der Waals surface area contributed by atoms with E-state index in [1.165, 1.54) is 6.07 Å². The molecule has 0 aromatic heterocycles. The van der Waals surface area contributed by atoms with Crippen molar-refractivity contribution in [1.29, 1.82) is 0 Å². The van der Waals surface area contributed by atoms with Crippen molar-refractivity contribution in [1.82, 2.24) is 0 Å². The van der Waals surface area contributed by atoms with Crippen LogP contribution in [0.3, 0.4) is 0 Å². The highest BCUT2D eigenvalue weighted by molar-refractivity contribution is 9.09. The first kappa shape index (κ1) is 17.8. The van der Waals surface area contributed by atoms with Crippen LogP contribution in [0.25, 0.3) is 0 Å². The Morgan fingerprint density at radius 1 is 1.38 bits per heavy atom. The van der Waals surface area contributed by atoms with Gasteiger partial charge in [0.25, 0.3) is 5.78 Å². The molecule has 0 fully saturated rings. The minimum Gasteiger partial charge on any atom is -0.507 e. The first-order valence-electron chi connectivity index (χ1n) is 6.48. The Morgan fingerprint density at radius 3 is 2.57 bits per heavy atom. The Labute approximate surface area is 129 Å². The van der Waals surface area contributed by atoms with Gasteiger partial charge in [-0.1, -0.05) is 29.3 Å². The van der Waals surface area contributed by atoms with Crippen LogP contribution in [0.4, 0.5) is 13.2 Å². The Bertz CT molecular complexity index is 501. The van der Waals surface area contributed by atoms with E-state index in [-0.39, 0.29) is 5.56 Å². The second kappa shape index (κ2) is 7.68. The fourth-order valence-electron chi connectivity index (χ4n) is 1.82. The number of alkyl halides is 4. The average molecular weight is 369 g/mol. The number of ether oxygens (including phenoxy) is 1. The SMILES string of the molecule is CCCc1c(OCCCBr)ccc(C(=O)C(F)(F)F)c1O. The highest BCUT2D eigenvalue weighted by atomic mass is 79.9. The Hall–Kier alpha value is -1.24. The van der Waals surface area contributed by atoms with Crippen molar-refractivity contribution in [2.45, 2.75) is 32.4 Å². The lowest BCUT2D eigenvalue weighted by Gasteiger charge is -2.15. The van der Waals surface area contributed by atoms with Gasteiger partial charge in [0.1, 0.15) is 11.5 Å². The highest BCUT2D eigenvalue weighted by Crippen LogP contribution is 2.35. The first-order valence-corrected chi connectivity index (χ1v) is 7.60. The van der Waals surface area contributed by atoms with Gasteiger partial charge in [0.2, 0.25) is 0 Å². The molecule has 1 N–H and O–H groups in total. The lowest BCUT2D eigenvalue weighted by molar-refractivity contribution is -0.0886. The molecule has 0 atom stereocenters. The number of benzene rings is 1. The third kappa shape index (κ3) is 4.62. The molecule has 0 aliphatic carbocycles. The fourth-order valence-corrected chi connectivity index (χ4v) is 2.05. The molecule has 7 heteroatoms. The zero-order chi connectivity index (χ0) is 16.0. The molecule has 0 saturated heterocycles. The van der Waals surface area contributed by atoms with Crippen LogP contribution in [-0.4, -0.2) is 29.0 Å². The number of hydrogen-bond donors (Lipinski definition) is 1. The number of phenols is 1. The van der Waals surface area contributed by atoms with E-state index in [1.54, 1.807) is 0 Å². The zero-order valence-corrected chi connectivity index (χ0v) is 13.1. The third-order valence-corrected chi connectivity index (χ3v) is 3.34. The average Bonchev–Trinajstić information content (AvgIpc) is 2.41. The number of carbonyl (C=O) groups excluding carboxylic acids is 1. The predicted octanol–water partition coefficient (Wildman–Crippen LogP) is 4.25. The van der Waals surface area contributed by atoms with Gasteiger partial charge in [-0.05, 0) is 25.0 Å². The van der Waals surface area contributed by atoms with Crippen LogP contribution < -0.4 is 4.74 Å². The summed E-state index contributed by atoms with van der Waals surface area (Å²) in [7, 11) is 0. The molecule has 0 radical (unpaired) electrons. The molecular formula is C14H16BrF3O3. The second-order valence-electron chi connectivity index (χ2n) is 4.41. The van der Waals surface area contributed by atoms with E-state index in [2.05, 4.69) is 15.9 Å². The van der Waals surface area contributed by atoms with Crippen LogP contribution in [0.5, 0.6) is 11.5 Å². The molecule has 1 aromatic carbocycles. The number of phenolic OH excluding ortho intramolecular Hbond substituents is 1. The maximum absolute atomic E-state index is 12.5. The van der Waals surface area contributed by atoms with Crippen molar-refractivity contribution in [2.24, 2.45) is 0 Å². The zero-order valence-electron chi connectivity index (χ0n) is 11.5. The minimum absolute atomic E-state index is 0.238. The Kier molecular flexibility index (Phi) is 6.51. The Morgan fingerprint density at radius 2 is 2.05 bits per heavy atom. The van der Waals surface area contributed by atoms with Crippen molar-refractivity contribution >= 4 is 21.7 Å². The molecule has 0 spiro atoms. The van der Waals surface area contributed by atoms with E-state index in [0.29, 0.717) is 25.2 Å². The summed E-state index contributed by atoms with van der Waals surface area (Å²) in [6.07, 6.45) is -3.37. The van der Waals surface area contributed by atoms with Gasteiger partial charge in [0.05, 0.1) is 12.2 Å². The van der Waals surface area contributed by atoms with Gasteiger partial charge in [-0.2, -0.15) is 13.2 Å². The molecule has 3 nitrogen and oxygen atoms in total. The van der Waals surface area contributed by atoms with Gasteiger partial charge in [-0.15, -0.1) is 0 Å². The van der Waals surface area contributed by atoms with Gasteiger partial charge >= 0.3 is 6.18 Å². The summed E-state index contributed by atoms with van der Waals surface area (Å²) in [6, 6.07) is 2.26. The first-order chi connectivity index (χ1) is 9.82. The van der Waals surface area contributed by atoms with Crippen LogP contribution in [0, 0.1) is 0 Å². The van der Waals surface area contributed by atoms with Crippen molar-refractivity contribution in [3.8, 4) is 11.5 Å². The number of rotatable bonds is 7. The van der Waals surface area contributed by atoms with Crippen LogP contribution in [-0.2, 0) is 6.42 Å². The summed E-state index contributed by atoms with van der Waals surface area (Å²) in [4.78, 5) is 11.3. The summed E-state index contributed by atoms with van der Waals surface area (Å²) in [5, 5.41) is 10.7. The van der Waals surface area contributed by atoms with Gasteiger partial charge < -0.3 is 9.84 Å². The summed E-state index contributed by atoms with van der Waals surface area (Å²) in [5.41, 5.74) is -0.499. The standard InChI is InChI=1S/C14H16BrF3O3/c1-2-4-9-11(21-8-3-7-15)6-5-10(12(9)19)13(20)14(16,17)18/h5-6,19H,2-4,7-8H2,1H3. The number of ketones is 1. The van der Waals surface area contributed by atoms with Gasteiger partial charge in [0, 0.05) is 10.9 Å². The van der Waals surface area contributed by atoms with Crippen LogP contribution in [0.15, 0.2) is 12.1 Å². The molecule has 0 amide bonds. The monoisotopic (exact) mass is 368 g/mol. The van der Waals surface area contributed by atoms with E-state index in [0.717, 1.165) is 17.8 Å². The topological polar surface area (TPSA) is 46.5 Å². The summed E-state index contributed by atoms with van der Waals surface area (Å²) < 4.78 is 42.9. The maximum atomic E-state index is 12.5. The maximum Gasteiger partial charge on any atom is 0.455 e. The second-order valence-corrected chi connectivity index (χ2v) is 5.20. The van der Waals surface area contributed by atoms with E-state index >= 15 is 0 Å². The van der Waals surface area contributed by atoms with E-state index < -0.39 is 23.3 Å². The van der Waals surface area contributed by atoms with Crippen molar-refractivity contribution in [2.75, 3.05) is 11.9 Å². The molecule has 0 heterocycles. The molecule has 0 saturated carbocycles. The number of Topliss-reactive ketones (excluding diaryl/α,β-unsaturated/α-hetero) is 1. The molecule has 0 unspecified atom stereocenters. The molecule has 0 bridgehead atoms. The Balaban J connectivity index is 3.15. The molecule has 0 aliphatic heterocycles. The van der Waals surface area contributed by atoms with Crippen molar-refractivity contribution in [3.63, 3.8) is 0 Å². The molecule has 1 rings (SSSR count). The van der Waals surface area contributed by atoms with Gasteiger partial charge in [-0.25, -0.2) is 0 Å². The van der Waals surface area contributed by atoms with E-state index in [9.17, 15) is 23.1 Å². The molecule has 21 heavy (non-hydrogen) atoms. The quantitative estimate of drug-likeness (QED) is 0.444. The number of hydrogen-bond acceptors (Lipinski definition) is 3. The van der Waals surface area contributed by atoms with Crippen LogP contribution in [0.1, 0.15) is 35.7 Å². The van der Waals surface area contributed by atoms with Gasteiger partial charge in [-0.3, -0.25) is 4.79 Å².